The third-order valence-electron chi connectivity index (χ3n) is 3.43. The molecule has 5 heteroatoms. The molecule has 1 amide bonds. The van der Waals surface area contributed by atoms with Crippen LogP contribution in [0, 0.1) is 11.3 Å². The predicted octanol–water partition coefficient (Wildman–Crippen LogP) is 2.97. The molecule has 0 bridgehead atoms. The molecule has 0 aliphatic rings. The van der Waals surface area contributed by atoms with Crippen molar-refractivity contribution < 1.29 is 9.53 Å². The van der Waals surface area contributed by atoms with Crippen LogP contribution in [0.4, 0.5) is 5.69 Å². The molecule has 1 N–H and O–H groups in total. The van der Waals surface area contributed by atoms with Crippen molar-refractivity contribution in [3.8, 4) is 11.8 Å². The summed E-state index contributed by atoms with van der Waals surface area (Å²) in [4.78, 5) is 14.2. The fourth-order valence-corrected chi connectivity index (χ4v) is 2.25. The molecule has 0 unspecified atom stereocenters. The van der Waals surface area contributed by atoms with Gasteiger partial charge in [-0.05, 0) is 45.9 Å². The van der Waals surface area contributed by atoms with Gasteiger partial charge in [-0.15, -0.1) is 0 Å². The zero-order chi connectivity index (χ0) is 17.4. The van der Waals surface area contributed by atoms with Gasteiger partial charge >= 0.3 is 0 Å². The Morgan fingerprint density at radius 2 is 2.04 bits per heavy atom. The van der Waals surface area contributed by atoms with Crippen LogP contribution in [0.25, 0.3) is 6.08 Å². The maximum Gasteiger partial charge on any atom is 0.262 e. The van der Waals surface area contributed by atoms with Gasteiger partial charge in [0.1, 0.15) is 17.4 Å². The number of benzene rings is 1. The smallest absolute Gasteiger partial charge is 0.262 e. The van der Waals surface area contributed by atoms with Gasteiger partial charge in [-0.1, -0.05) is 0 Å². The van der Waals surface area contributed by atoms with E-state index in [2.05, 4.69) is 24.1 Å². The molecular formula is C18H25N3O2. The average molecular weight is 315 g/mol. The Bertz CT molecular complexity index is 611. The number of nitriles is 1. The van der Waals surface area contributed by atoms with Gasteiger partial charge in [-0.3, -0.25) is 4.79 Å². The van der Waals surface area contributed by atoms with E-state index in [4.69, 9.17) is 4.74 Å². The van der Waals surface area contributed by atoms with Crippen LogP contribution in [-0.4, -0.2) is 32.1 Å². The lowest BCUT2D eigenvalue weighted by atomic mass is 10.1. The second-order valence-electron chi connectivity index (χ2n) is 5.40. The summed E-state index contributed by atoms with van der Waals surface area (Å²) in [5, 5.41) is 11.9. The highest BCUT2D eigenvalue weighted by Gasteiger charge is 2.13. The zero-order valence-electron chi connectivity index (χ0n) is 14.5. The van der Waals surface area contributed by atoms with Crippen LogP contribution >= 0.6 is 0 Å². The number of rotatable bonds is 7. The second-order valence-corrected chi connectivity index (χ2v) is 5.40. The van der Waals surface area contributed by atoms with Gasteiger partial charge < -0.3 is 15.0 Å². The predicted molar refractivity (Wildman–Crippen MR) is 93.4 cm³/mol. The van der Waals surface area contributed by atoms with Gasteiger partial charge in [0.15, 0.2) is 0 Å². The molecular weight excluding hydrogens is 290 g/mol. The maximum absolute atomic E-state index is 12.0. The molecule has 0 aliphatic heterocycles. The molecule has 0 aromatic heterocycles. The quantitative estimate of drug-likeness (QED) is 0.620. The number of carbonyl (C=O) groups excluding carboxylic acids is 1. The maximum atomic E-state index is 12.0. The van der Waals surface area contributed by atoms with Crippen LogP contribution in [0.2, 0.25) is 0 Å². The van der Waals surface area contributed by atoms with Crippen molar-refractivity contribution in [3.05, 3.63) is 29.3 Å². The number of hydrogen-bond acceptors (Lipinski definition) is 4. The summed E-state index contributed by atoms with van der Waals surface area (Å²) >= 11 is 0. The minimum Gasteiger partial charge on any atom is -0.496 e. The summed E-state index contributed by atoms with van der Waals surface area (Å²) in [6.45, 7) is 9.69. The van der Waals surface area contributed by atoms with Crippen LogP contribution in [0.5, 0.6) is 5.75 Å². The summed E-state index contributed by atoms with van der Waals surface area (Å²) in [5.41, 5.74) is 1.82. The van der Waals surface area contributed by atoms with E-state index < -0.39 is 0 Å². The lowest BCUT2D eigenvalue weighted by molar-refractivity contribution is -0.117. The van der Waals surface area contributed by atoms with Crippen molar-refractivity contribution in [2.75, 3.05) is 25.1 Å². The van der Waals surface area contributed by atoms with E-state index in [0.717, 1.165) is 18.8 Å². The molecule has 1 aromatic rings. The summed E-state index contributed by atoms with van der Waals surface area (Å²) in [7, 11) is 1.58. The summed E-state index contributed by atoms with van der Waals surface area (Å²) in [5.74, 6) is 0.261. The molecule has 0 spiro atoms. The summed E-state index contributed by atoms with van der Waals surface area (Å²) in [6, 6.07) is 7.69. The number of hydrogen-bond donors (Lipinski definition) is 1. The Morgan fingerprint density at radius 3 is 2.52 bits per heavy atom. The first-order valence-corrected chi connectivity index (χ1v) is 7.82. The Kier molecular flexibility index (Phi) is 7.14. The first-order valence-electron chi connectivity index (χ1n) is 7.82. The molecule has 124 valence electrons. The minimum atomic E-state index is -0.377. The molecule has 0 heterocycles. The van der Waals surface area contributed by atoms with Gasteiger partial charge in [-0.2, -0.15) is 5.26 Å². The molecule has 0 saturated heterocycles. The number of methoxy groups -OCH3 is 1. The number of ether oxygens (including phenoxy) is 1. The van der Waals surface area contributed by atoms with Crippen molar-refractivity contribution in [1.29, 1.82) is 5.26 Å². The van der Waals surface area contributed by atoms with Crippen LogP contribution < -0.4 is 15.0 Å². The molecule has 23 heavy (non-hydrogen) atoms. The number of nitrogens with zero attached hydrogens (tertiary/aromatic N) is 2. The van der Waals surface area contributed by atoms with Crippen LogP contribution in [0.3, 0.4) is 0 Å². The third kappa shape index (κ3) is 5.03. The van der Waals surface area contributed by atoms with Gasteiger partial charge in [0.05, 0.1) is 7.11 Å². The minimum absolute atomic E-state index is 0.0220. The Labute approximate surface area is 138 Å². The number of amides is 1. The van der Waals surface area contributed by atoms with E-state index in [0.29, 0.717) is 11.3 Å². The highest BCUT2D eigenvalue weighted by Crippen LogP contribution is 2.27. The SMILES string of the molecule is CCN(CC)c1ccc(/C=C(\C#N)C(=O)NC(C)C)c(OC)c1. The van der Waals surface area contributed by atoms with E-state index in [1.54, 1.807) is 13.2 Å². The Hall–Kier alpha value is -2.48. The topological polar surface area (TPSA) is 65.4 Å². The molecule has 0 atom stereocenters. The van der Waals surface area contributed by atoms with Crippen molar-refractivity contribution in [1.82, 2.24) is 5.32 Å². The van der Waals surface area contributed by atoms with E-state index in [1.165, 1.54) is 0 Å². The van der Waals surface area contributed by atoms with Crippen molar-refractivity contribution in [2.45, 2.75) is 33.7 Å². The fourth-order valence-electron chi connectivity index (χ4n) is 2.25. The monoisotopic (exact) mass is 315 g/mol. The van der Waals surface area contributed by atoms with Crippen molar-refractivity contribution >= 4 is 17.7 Å². The first-order chi connectivity index (χ1) is 11.0. The largest absolute Gasteiger partial charge is 0.496 e. The molecule has 1 aromatic carbocycles. The second kappa shape index (κ2) is 8.84. The van der Waals surface area contributed by atoms with Gasteiger partial charge in [0.25, 0.3) is 5.91 Å². The number of anilines is 1. The summed E-state index contributed by atoms with van der Waals surface area (Å²) in [6.07, 6.45) is 1.56. The van der Waals surface area contributed by atoms with Crippen LogP contribution in [-0.2, 0) is 4.79 Å². The zero-order valence-corrected chi connectivity index (χ0v) is 14.5. The highest BCUT2D eigenvalue weighted by atomic mass is 16.5. The van der Waals surface area contributed by atoms with Crippen LogP contribution in [0.1, 0.15) is 33.3 Å². The molecule has 0 fully saturated rings. The molecule has 0 aliphatic carbocycles. The lowest BCUT2D eigenvalue weighted by Crippen LogP contribution is -2.30. The van der Waals surface area contributed by atoms with Gasteiger partial charge in [0, 0.05) is 36.4 Å². The third-order valence-corrected chi connectivity index (χ3v) is 3.43. The molecule has 1 rings (SSSR count). The Morgan fingerprint density at radius 1 is 1.39 bits per heavy atom. The van der Waals surface area contributed by atoms with Crippen molar-refractivity contribution in [3.63, 3.8) is 0 Å². The molecule has 0 saturated carbocycles. The fraction of sp³-hybridized carbons (Fsp3) is 0.444. The van der Waals surface area contributed by atoms with Crippen molar-refractivity contribution in [2.24, 2.45) is 0 Å². The number of nitrogens with one attached hydrogen (secondary N) is 1. The lowest BCUT2D eigenvalue weighted by Gasteiger charge is -2.22. The normalized spacial score (nSPS) is 11.1. The molecule has 5 nitrogen and oxygen atoms in total. The van der Waals surface area contributed by atoms with E-state index in [1.807, 2.05) is 38.1 Å². The molecule has 0 radical (unpaired) electrons. The standard InChI is InChI=1S/C18H25N3O2/c1-6-21(7-2)16-9-8-14(17(11-16)23-5)10-15(12-19)18(22)20-13(3)4/h8-11,13H,6-7H2,1-5H3,(H,20,22)/b15-10+. The van der Waals surface area contributed by atoms with E-state index >= 15 is 0 Å². The van der Waals surface area contributed by atoms with E-state index in [-0.39, 0.29) is 17.5 Å². The first kappa shape index (κ1) is 18.6. The number of carbonyl (C=O) groups is 1. The summed E-state index contributed by atoms with van der Waals surface area (Å²) < 4.78 is 5.42. The average Bonchev–Trinajstić information content (AvgIpc) is 2.53. The Balaban J connectivity index is 3.19. The van der Waals surface area contributed by atoms with Gasteiger partial charge in [-0.25, -0.2) is 0 Å². The van der Waals surface area contributed by atoms with E-state index in [9.17, 15) is 10.1 Å². The highest BCUT2D eigenvalue weighted by molar-refractivity contribution is 6.02. The van der Waals surface area contributed by atoms with Gasteiger partial charge in [0.2, 0.25) is 0 Å². The van der Waals surface area contributed by atoms with Crippen LogP contribution in [0.15, 0.2) is 23.8 Å².